The average Bonchev–Trinajstić information content (AvgIpc) is 3.19. The van der Waals surface area contributed by atoms with Crippen molar-refractivity contribution in [2.24, 2.45) is 5.73 Å². The highest BCUT2D eigenvalue weighted by atomic mass is 16.5. The molecular weight excluding hydrogens is 392 g/mol. The van der Waals surface area contributed by atoms with Crippen molar-refractivity contribution in [1.29, 1.82) is 0 Å². The fourth-order valence-electron chi connectivity index (χ4n) is 4.30. The minimum absolute atomic E-state index is 0.210. The summed E-state index contributed by atoms with van der Waals surface area (Å²) in [6, 6.07) is 6.53. The molecule has 1 saturated carbocycles. The van der Waals surface area contributed by atoms with E-state index in [1.807, 2.05) is 22.8 Å². The van der Waals surface area contributed by atoms with Gasteiger partial charge in [-0.25, -0.2) is 4.98 Å². The lowest BCUT2D eigenvalue weighted by molar-refractivity contribution is 0.371. The van der Waals surface area contributed by atoms with E-state index < -0.39 is 0 Å². The highest BCUT2D eigenvalue weighted by Gasteiger charge is 2.28. The summed E-state index contributed by atoms with van der Waals surface area (Å²) >= 11 is 0. The Morgan fingerprint density at radius 3 is 2.58 bits per heavy atom. The minimum atomic E-state index is 0.210. The molecule has 9 nitrogen and oxygen atoms in total. The van der Waals surface area contributed by atoms with Gasteiger partial charge < -0.3 is 31.4 Å². The van der Waals surface area contributed by atoms with Gasteiger partial charge in [-0.1, -0.05) is 12.1 Å². The predicted octanol–water partition coefficient (Wildman–Crippen LogP) is 2.86. The number of nitrogens with zero attached hydrogens (tertiary/aromatic N) is 5. The third kappa shape index (κ3) is 4.10. The van der Waals surface area contributed by atoms with Crippen LogP contribution in [0, 0.1) is 0 Å². The van der Waals surface area contributed by atoms with Gasteiger partial charge in [0.1, 0.15) is 11.3 Å². The number of nitrogens with two attached hydrogens (primary N) is 3. The van der Waals surface area contributed by atoms with Crippen LogP contribution in [0.3, 0.4) is 0 Å². The topological polar surface area (TPSA) is 134 Å². The van der Waals surface area contributed by atoms with E-state index in [2.05, 4.69) is 28.7 Å². The Morgan fingerprint density at radius 1 is 1.16 bits per heavy atom. The first-order valence-corrected chi connectivity index (χ1v) is 10.8. The largest absolute Gasteiger partial charge is 0.495 e. The van der Waals surface area contributed by atoms with Crippen molar-refractivity contribution in [3.05, 3.63) is 30.1 Å². The normalized spacial score (nSPS) is 19.1. The summed E-state index contributed by atoms with van der Waals surface area (Å²) < 4.78 is 7.44. The van der Waals surface area contributed by atoms with E-state index in [0.29, 0.717) is 35.3 Å². The quantitative estimate of drug-likeness (QED) is 0.514. The molecule has 1 aliphatic rings. The van der Waals surface area contributed by atoms with Gasteiger partial charge in [-0.2, -0.15) is 9.97 Å². The Labute approximate surface area is 182 Å². The number of imidazole rings is 1. The first-order chi connectivity index (χ1) is 14.9. The first kappa shape index (κ1) is 21.2. The number of aromatic nitrogens is 4. The van der Waals surface area contributed by atoms with Crippen molar-refractivity contribution in [1.82, 2.24) is 19.5 Å². The second-order valence-electron chi connectivity index (χ2n) is 8.56. The van der Waals surface area contributed by atoms with Crippen LogP contribution in [0.4, 0.5) is 17.5 Å². The molecule has 31 heavy (non-hydrogen) atoms. The zero-order valence-electron chi connectivity index (χ0n) is 18.5. The van der Waals surface area contributed by atoms with Crippen LogP contribution in [0.5, 0.6) is 5.75 Å². The van der Waals surface area contributed by atoms with E-state index in [4.69, 9.17) is 26.9 Å². The van der Waals surface area contributed by atoms with Crippen molar-refractivity contribution in [3.63, 3.8) is 0 Å². The van der Waals surface area contributed by atoms with E-state index in [0.717, 1.165) is 36.9 Å². The fraction of sp³-hybridized carbons (Fsp3) is 0.500. The molecule has 0 bridgehead atoms. The van der Waals surface area contributed by atoms with E-state index in [1.54, 1.807) is 13.4 Å². The van der Waals surface area contributed by atoms with Crippen LogP contribution >= 0.6 is 0 Å². The number of anilines is 3. The van der Waals surface area contributed by atoms with Gasteiger partial charge in [-0.05, 0) is 51.2 Å². The number of fused-ring (bicyclic) bond motifs is 1. The second-order valence-corrected chi connectivity index (χ2v) is 8.56. The number of para-hydroxylation sites is 1. The standard InChI is InChI=1S/C22H32N8O/c1-13(2)30-12-26-19-20(25)27-22(28-21(19)30)29(16-9-7-15(23)8-10-16)11-14-5-4-6-17(31-3)18(14)24/h4-6,12-13,15-16H,7-11,23-24H2,1-3H3,(H2,25,27,28). The zero-order valence-corrected chi connectivity index (χ0v) is 18.5. The lowest BCUT2D eigenvalue weighted by Crippen LogP contribution is -2.41. The minimum Gasteiger partial charge on any atom is -0.495 e. The molecule has 0 spiro atoms. The van der Waals surface area contributed by atoms with Crippen molar-refractivity contribution < 1.29 is 4.74 Å². The van der Waals surface area contributed by atoms with Crippen LogP contribution in [0.15, 0.2) is 24.5 Å². The molecule has 0 saturated heterocycles. The highest BCUT2D eigenvalue weighted by molar-refractivity contribution is 5.83. The zero-order chi connectivity index (χ0) is 22.1. The molecule has 2 aromatic heterocycles. The van der Waals surface area contributed by atoms with Crippen molar-refractivity contribution in [3.8, 4) is 5.75 Å². The lowest BCUT2D eigenvalue weighted by atomic mass is 9.90. The maximum Gasteiger partial charge on any atom is 0.230 e. The summed E-state index contributed by atoms with van der Waals surface area (Å²) in [7, 11) is 1.63. The molecule has 0 amide bonds. The molecule has 0 aliphatic heterocycles. The molecule has 0 atom stereocenters. The number of hydrogen-bond donors (Lipinski definition) is 3. The molecule has 9 heteroatoms. The SMILES string of the molecule is COc1cccc(CN(c2nc(N)c3ncn(C(C)C)c3n2)C2CCC(N)CC2)c1N. The molecule has 1 aliphatic carbocycles. The Kier molecular flexibility index (Phi) is 5.86. The van der Waals surface area contributed by atoms with Gasteiger partial charge in [0.25, 0.3) is 0 Å². The molecule has 3 aromatic rings. The van der Waals surface area contributed by atoms with Gasteiger partial charge in [0.15, 0.2) is 11.5 Å². The van der Waals surface area contributed by atoms with Gasteiger partial charge in [0, 0.05) is 24.7 Å². The third-order valence-electron chi connectivity index (χ3n) is 6.15. The molecule has 6 N–H and O–H groups in total. The predicted molar refractivity (Wildman–Crippen MR) is 124 cm³/mol. The Hall–Kier alpha value is -3.07. The summed E-state index contributed by atoms with van der Waals surface area (Å²) in [6.07, 6.45) is 5.65. The van der Waals surface area contributed by atoms with E-state index in [-0.39, 0.29) is 18.1 Å². The van der Waals surface area contributed by atoms with Crippen LogP contribution < -0.4 is 26.8 Å². The first-order valence-electron chi connectivity index (χ1n) is 10.8. The van der Waals surface area contributed by atoms with Crippen LogP contribution in [0.1, 0.15) is 51.1 Å². The monoisotopic (exact) mass is 424 g/mol. The smallest absolute Gasteiger partial charge is 0.230 e. The van der Waals surface area contributed by atoms with Gasteiger partial charge >= 0.3 is 0 Å². The molecule has 1 aromatic carbocycles. The number of hydrogen-bond acceptors (Lipinski definition) is 8. The molecule has 4 rings (SSSR count). The second kappa shape index (κ2) is 8.58. The number of ether oxygens (including phenoxy) is 1. The van der Waals surface area contributed by atoms with Crippen molar-refractivity contribution in [2.45, 2.75) is 64.2 Å². The number of nitrogen functional groups attached to an aromatic ring is 2. The van der Waals surface area contributed by atoms with Gasteiger partial charge in [0.2, 0.25) is 5.95 Å². The molecular formula is C22H32N8O. The van der Waals surface area contributed by atoms with Gasteiger partial charge in [-0.15, -0.1) is 0 Å². The van der Waals surface area contributed by atoms with Crippen molar-refractivity contribution >= 4 is 28.6 Å². The lowest BCUT2D eigenvalue weighted by Gasteiger charge is -2.36. The molecule has 0 radical (unpaired) electrons. The summed E-state index contributed by atoms with van der Waals surface area (Å²) in [5.41, 5.74) is 21.8. The Morgan fingerprint density at radius 2 is 1.90 bits per heavy atom. The van der Waals surface area contributed by atoms with Gasteiger partial charge in [-0.3, -0.25) is 0 Å². The average molecular weight is 425 g/mol. The molecule has 0 unspecified atom stereocenters. The summed E-state index contributed by atoms with van der Waals surface area (Å²) in [5, 5.41) is 0. The summed E-state index contributed by atoms with van der Waals surface area (Å²) in [4.78, 5) is 16.2. The van der Waals surface area contributed by atoms with Crippen LogP contribution in [-0.2, 0) is 6.54 Å². The van der Waals surface area contributed by atoms with Crippen LogP contribution in [0.25, 0.3) is 11.2 Å². The molecule has 166 valence electrons. The molecule has 2 heterocycles. The number of benzene rings is 1. The van der Waals surface area contributed by atoms with E-state index >= 15 is 0 Å². The fourth-order valence-corrected chi connectivity index (χ4v) is 4.30. The molecule has 1 fully saturated rings. The highest BCUT2D eigenvalue weighted by Crippen LogP contribution is 2.32. The van der Waals surface area contributed by atoms with Gasteiger partial charge in [0.05, 0.1) is 19.1 Å². The maximum atomic E-state index is 6.39. The number of methoxy groups -OCH3 is 1. The van der Waals surface area contributed by atoms with Crippen molar-refractivity contribution in [2.75, 3.05) is 23.5 Å². The Bertz CT molecular complexity index is 1060. The third-order valence-corrected chi connectivity index (χ3v) is 6.15. The van der Waals surface area contributed by atoms with Crippen LogP contribution in [-0.4, -0.2) is 38.7 Å². The maximum absolute atomic E-state index is 6.39. The van der Waals surface area contributed by atoms with Crippen LogP contribution in [0.2, 0.25) is 0 Å². The number of rotatable bonds is 6. The summed E-state index contributed by atoms with van der Waals surface area (Å²) in [6.45, 7) is 4.75. The van der Waals surface area contributed by atoms with E-state index in [1.165, 1.54) is 0 Å². The summed E-state index contributed by atoms with van der Waals surface area (Å²) in [5.74, 6) is 1.64. The van der Waals surface area contributed by atoms with E-state index in [9.17, 15) is 0 Å². The Balaban J connectivity index is 1.78.